The van der Waals surface area contributed by atoms with Crippen LogP contribution in [0.4, 0.5) is 5.82 Å². The molecule has 30 heavy (non-hydrogen) atoms. The number of aliphatic hydroxyl groups is 1. The van der Waals surface area contributed by atoms with Gasteiger partial charge in [-0.05, 0) is 87.2 Å². The molecule has 7 rings (SSSR count). The fourth-order valence-electron chi connectivity index (χ4n) is 7.59. The molecule has 2 atom stereocenters. The van der Waals surface area contributed by atoms with E-state index in [1.807, 2.05) is 22.9 Å². The van der Waals surface area contributed by atoms with E-state index in [4.69, 9.17) is 4.98 Å². The zero-order valence-electron chi connectivity index (χ0n) is 17.8. The van der Waals surface area contributed by atoms with E-state index >= 15 is 0 Å². The van der Waals surface area contributed by atoms with Gasteiger partial charge in [0.05, 0.1) is 11.2 Å². The van der Waals surface area contributed by atoms with E-state index in [0.717, 1.165) is 87.3 Å². The van der Waals surface area contributed by atoms with E-state index in [1.165, 1.54) is 24.0 Å². The smallest absolute Gasteiger partial charge is 0.255 e. The Bertz CT molecular complexity index is 852. The molecular formula is C24H33N3O2S. The number of nitrogens with zero attached hydrogens (tertiary/aromatic N) is 2. The number of amides is 1. The maximum Gasteiger partial charge on any atom is 0.255 e. The summed E-state index contributed by atoms with van der Waals surface area (Å²) in [5.41, 5.74) is 2.88. The predicted molar refractivity (Wildman–Crippen MR) is 120 cm³/mol. The summed E-state index contributed by atoms with van der Waals surface area (Å²) in [6.45, 7) is 1.70. The van der Waals surface area contributed by atoms with E-state index in [-0.39, 0.29) is 11.4 Å². The fourth-order valence-corrected chi connectivity index (χ4v) is 8.49. The van der Waals surface area contributed by atoms with E-state index in [0.29, 0.717) is 11.8 Å². The molecule has 6 heteroatoms. The quantitative estimate of drug-likeness (QED) is 0.771. The monoisotopic (exact) mass is 427 g/mol. The minimum Gasteiger partial charge on any atom is -0.390 e. The van der Waals surface area contributed by atoms with E-state index in [2.05, 4.69) is 5.32 Å². The van der Waals surface area contributed by atoms with Crippen molar-refractivity contribution >= 4 is 23.5 Å². The number of nitrogens with one attached hydrogen (secondary N) is 1. The van der Waals surface area contributed by atoms with Gasteiger partial charge in [-0.3, -0.25) is 4.79 Å². The molecule has 1 aromatic heterocycles. The SMILES string of the molecule is O=C(c1cnc(NC23CC4CC(CC(O)(C4)C2)C3)c2c1CCCC2)N1CCSCC1. The number of hydrogen-bond donors (Lipinski definition) is 2. The molecule has 1 aliphatic heterocycles. The number of hydrogen-bond acceptors (Lipinski definition) is 5. The van der Waals surface area contributed by atoms with Crippen molar-refractivity contribution in [3.8, 4) is 0 Å². The molecule has 1 aromatic rings. The lowest BCUT2D eigenvalue weighted by Gasteiger charge is -2.60. The number of thioether (sulfide) groups is 1. The maximum absolute atomic E-state index is 13.3. The molecule has 4 saturated carbocycles. The highest BCUT2D eigenvalue weighted by Gasteiger charge is 2.57. The van der Waals surface area contributed by atoms with Crippen molar-refractivity contribution in [2.45, 2.75) is 75.3 Å². The van der Waals surface area contributed by atoms with Crippen LogP contribution in [0.5, 0.6) is 0 Å². The molecule has 0 radical (unpaired) electrons. The zero-order chi connectivity index (χ0) is 20.3. The minimum atomic E-state index is -0.473. The van der Waals surface area contributed by atoms with Gasteiger partial charge in [-0.1, -0.05) is 0 Å². The zero-order valence-corrected chi connectivity index (χ0v) is 18.6. The van der Waals surface area contributed by atoms with Gasteiger partial charge in [0, 0.05) is 36.3 Å². The van der Waals surface area contributed by atoms with Crippen LogP contribution in [0.1, 0.15) is 72.9 Å². The Hall–Kier alpha value is -1.27. The fraction of sp³-hybridized carbons (Fsp3) is 0.750. The van der Waals surface area contributed by atoms with Gasteiger partial charge in [0.2, 0.25) is 0 Å². The first kappa shape index (κ1) is 19.4. The second-order valence-electron chi connectivity index (χ2n) is 10.7. The van der Waals surface area contributed by atoms with Crippen LogP contribution in [-0.4, -0.2) is 56.6 Å². The number of carbonyl (C=O) groups is 1. The molecule has 2 unspecified atom stereocenters. The van der Waals surface area contributed by atoms with Crippen LogP contribution < -0.4 is 5.32 Å². The van der Waals surface area contributed by atoms with Crippen LogP contribution >= 0.6 is 11.8 Å². The highest BCUT2D eigenvalue weighted by Crippen LogP contribution is 2.58. The third-order valence-electron chi connectivity index (χ3n) is 8.34. The molecule has 5 fully saturated rings. The van der Waals surface area contributed by atoms with Gasteiger partial charge in [0.25, 0.3) is 5.91 Å². The normalized spacial score (nSPS) is 37.2. The lowest BCUT2D eigenvalue weighted by molar-refractivity contribution is -0.127. The molecule has 5 nitrogen and oxygen atoms in total. The molecule has 4 bridgehead atoms. The summed E-state index contributed by atoms with van der Waals surface area (Å²) in [4.78, 5) is 20.1. The number of aromatic nitrogens is 1. The highest BCUT2D eigenvalue weighted by atomic mass is 32.2. The Kier molecular flexibility index (Phi) is 4.61. The van der Waals surface area contributed by atoms with Crippen LogP contribution in [0.25, 0.3) is 0 Å². The molecule has 5 aliphatic carbocycles. The molecule has 2 N–H and O–H groups in total. The van der Waals surface area contributed by atoms with Crippen molar-refractivity contribution in [2.24, 2.45) is 11.8 Å². The number of pyridine rings is 1. The summed E-state index contributed by atoms with van der Waals surface area (Å²) in [7, 11) is 0. The maximum atomic E-state index is 13.3. The first-order valence-corrected chi connectivity index (χ1v) is 13.1. The highest BCUT2D eigenvalue weighted by molar-refractivity contribution is 7.99. The summed E-state index contributed by atoms with van der Waals surface area (Å²) in [6, 6.07) is 0. The Labute approximate surface area is 183 Å². The average Bonchev–Trinajstić information content (AvgIpc) is 2.72. The van der Waals surface area contributed by atoms with Crippen LogP contribution in [-0.2, 0) is 12.8 Å². The predicted octanol–water partition coefficient (Wildman–Crippen LogP) is 3.65. The number of fused-ring (bicyclic) bond motifs is 1. The standard InChI is InChI=1S/C24H33N3O2S/c28-22(27-5-7-30-8-6-27)20-14-25-21(19-4-2-1-3-18(19)20)26-23-10-16-9-17(11-23)13-24(29,12-16)15-23/h14,16-17,29H,1-13,15H2,(H,25,26). The molecule has 162 valence electrons. The summed E-state index contributed by atoms with van der Waals surface area (Å²) >= 11 is 1.93. The van der Waals surface area contributed by atoms with Gasteiger partial charge in [-0.15, -0.1) is 0 Å². The number of anilines is 1. The Morgan fingerprint density at radius 3 is 2.50 bits per heavy atom. The van der Waals surface area contributed by atoms with Gasteiger partial charge < -0.3 is 15.3 Å². The van der Waals surface area contributed by atoms with Crippen LogP contribution in [0, 0.1) is 11.8 Å². The Morgan fingerprint density at radius 2 is 1.80 bits per heavy atom. The third kappa shape index (κ3) is 3.26. The third-order valence-corrected chi connectivity index (χ3v) is 9.29. The van der Waals surface area contributed by atoms with E-state index in [9.17, 15) is 9.90 Å². The molecule has 0 spiro atoms. The first-order chi connectivity index (χ1) is 14.5. The van der Waals surface area contributed by atoms with Crippen LogP contribution in [0.2, 0.25) is 0 Å². The van der Waals surface area contributed by atoms with Gasteiger partial charge in [0.15, 0.2) is 0 Å². The summed E-state index contributed by atoms with van der Waals surface area (Å²) < 4.78 is 0. The van der Waals surface area contributed by atoms with Crippen molar-refractivity contribution < 1.29 is 9.90 Å². The van der Waals surface area contributed by atoms with Gasteiger partial charge in [-0.25, -0.2) is 4.98 Å². The number of carbonyl (C=O) groups excluding carboxylic acids is 1. The largest absolute Gasteiger partial charge is 0.390 e. The number of rotatable bonds is 3. The Morgan fingerprint density at radius 1 is 1.10 bits per heavy atom. The summed E-state index contributed by atoms with van der Waals surface area (Å²) in [5, 5.41) is 15.0. The Balaban J connectivity index is 1.32. The molecule has 1 saturated heterocycles. The van der Waals surface area contributed by atoms with Gasteiger partial charge >= 0.3 is 0 Å². The lowest BCUT2D eigenvalue weighted by Crippen LogP contribution is -2.62. The minimum absolute atomic E-state index is 0.00727. The second kappa shape index (κ2) is 7.13. The summed E-state index contributed by atoms with van der Waals surface area (Å²) in [6.07, 6.45) is 12.6. The van der Waals surface area contributed by atoms with Crippen LogP contribution in [0.3, 0.4) is 0 Å². The van der Waals surface area contributed by atoms with Crippen molar-refractivity contribution in [3.63, 3.8) is 0 Å². The van der Waals surface area contributed by atoms with Crippen molar-refractivity contribution in [3.05, 3.63) is 22.9 Å². The second-order valence-corrected chi connectivity index (χ2v) is 11.9. The molecule has 6 aliphatic rings. The van der Waals surface area contributed by atoms with Crippen molar-refractivity contribution in [2.75, 3.05) is 29.9 Å². The van der Waals surface area contributed by atoms with Crippen molar-refractivity contribution in [1.82, 2.24) is 9.88 Å². The lowest BCUT2D eigenvalue weighted by atomic mass is 9.51. The molecule has 1 amide bonds. The van der Waals surface area contributed by atoms with Crippen molar-refractivity contribution in [1.29, 1.82) is 0 Å². The van der Waals surface area contributed by atoms with E-state index < -0.39 is 5.60 Å². The van der Waals surface area contributed by atoms with Gasteiger partial charge in [-0.2, -0.15) is 11.8 Å². The average molecular weight is 428 g/mol. The molecule has 0 aromatic carbocycles. The van der Waals surface area contributed by atoms with E-state index in [1.54, 1.807) is 0 Å². The summed E-state index contributed by atoms with van der Waals surface area (Å²) in [5.74, 6) is 4.55. The first-order valence-electron chi connectivity index (χ1n) is 11.9. The topological polar surface area (TPSA) is 65.5 Å². The molecule has 2 heterocycles. The molecular weight excluding hydrogens is 394 g/mol. The van der Waals surface area contributed by atoms with Gasteiger partial charge in [0.1, 0.15) is 5.82 Å². The van der Waals surface area contributed by atoms with Crippen LogP contribution in [0.15, 0.2) is 6.20 Å².